The second-order valence-electron chi connectivity index (χ2n) is 3.59. The molecule has 0 N–H and O–H groups in total. The number of rotatable bonds is 5. The van der Waals surface area contributed by atoms with Gasteiger partial charge >= 0.3 is 0 Å². The van der Waals surface area contributed by atoms with Gasteiger partial charge in [0.05, 0.1) is 0 Å². The lowest BCUT2D eigenvalue weighted by Gasteiger charge is -2.12. The van der Waals surface area contributed by atoms with Crippen molar-refractivity contribution in [3.63, 3.8) is 0 Å². The van der Waals surface area contributed by atoms with Crippen LogP contribution in [0.3, 0.4) is 0 Å². The van der Waals surface area contributed by atoms with Crippen molar-refractivity contribution < 1.29 is 0 Å². The molecule has 0 aromatic rings. The lowest BCUT2D eigenvalue weighted by Crippen LogP contribution is -1.99. The maximum Gasteiger partial charge on any atom is -0.0440 e. The third kappa shape index (κ3) is 6.12. The normalized spacial score (nSPS) is 14.1. The van der Waals surface area contributed by atoms with Gasteiger partial charge in [-0.25, -0.2) is 0 Å². The van der Waals surface area contributed by atoms with Gasteiger partial charge in [-0.05, 0) is 18.3 Å². The molecule has 0 saturated carbocycles. The molecule has 0 aliphatic rings. The van der Waals surface area contributed by atoms with Crippen LogP contribution >= 0.6 is 0 Å². The van der Waals surface area contributed by atoms with Crippen LogP contribution in [0.4, 0.5) is 0 Å². The number of hydrogen-bond acceptors (Lipinski definition) is 0. The summed E-state index contributed by atoms with van der Waals surface area (Å²) in [6.45, 7) is 10.8. The topological polar surface area (TPSA) is 0 Å². The summed E-state index contributed by atoms with van der Waals surface area (Å²) in [5.41, 5.74) is 0. The average Bonchev–Trinajstić information content (AvgIpc) is 1.82. The van der Waals surface area contributed by atoms with Gasteiger partial charge in [0.25, 0.3) is 0 Å². The Bertz CT molecular complexity index is 64.4. The van der Waals surface area contributed by atoms with E-state index in [0.717, 1.165) is 5.92 Å². The van der Waals surface area contributed by atoms with Crippen molar-refractivity contribution in [1.82, 2.24) is 0 Å². The molecule has 0 aliphatic heterocycles. The summed E-state index contributed by atoms with van der Waals surface area (Å²) in [4.78, 5) is 0. The van der Waals surface area contributed by atoms with Crippen LogP contribution in [0.5, 0.6) is 0 Å². The van der Waals surface area contributed by atoms with E-state index in [1.807, 2.05) is 0 Å². The lowest BCUT2D eigenvalue weighted by molar-refractivity contribution is 0.423. The summed E-state index contributed by atoms with van der Waals surface area (Å²) in [6.07, 6.45) is 5.39. The van der Waals surface area contributed by atoms with E-state index in [2.05, 4.69) is 27.7 Å². The highest BCUT2D eigenvalue weighted by atomic mass is 14.1. The molecule has 61 valence electrons. The van der Waals surface area contributed by atoms with Crippen LogP contribution in [0.15, 0.2) is 0 Å². The highest BCUT2D eigenvalue weighted by Gasteiger charge is 2.03. The van der Waals surface area contributed by atoms with E-state index < -0.39 is 0 Å². The summed E-state index contributed by atoms with van der Waals surface area (Å²) in [7, 11) is 0. The average molecular weight is 141 g/mol. The Labute approximate surface area is 66.0 Å². The van der Waals surface area contributed by atoms with Crippen molar-refractivity contribution in [2.75, 3.05) is 0 Å². The fourth-order valence-corrected chi connectivity index (χ4v) is 1.36. The van der Waals surface area contributed by atoms with Gasteiger partial charge < -0.3 is 0 Å². The van der Waals surface area contributed by atoms with Crippen molar-refractivity contribution in [3.8, 4) is 0 Å². The van der Waals surface area contributed by atoms with E-state index in [-0.39, 0.29) is 0 Å². The fraction of sp³-hybridized carbons (Fsp3) is 0.900. The third-order valence-corrected chi connectivity index (χ3v) is 1.86. The van der Waals surface area contributed by atoms with E-state index in [0.29, 0.717) is 5.92 Å². The zero-order valence-corrected chi connectivity index (χ0v) is 7.69. The third-order valence-electron chi connectivity index (χ3n) is 1.86. The predicted octanol–water partition coefficient (Wildman–Crippen LogP) is 3.67. The molecule has 0 heterocycles. The Morgan fingerprint density at radius 3 is 2.30 bits per heavy atom. The van der Waals surface area contributed by atoms with Crippen molar-refractivity contribution in [2.24, 2.45) is 11.8 Å². The van der Waals surface area contributed by atoms with Crippen LogP contribution in [0.25, 0.3) is 0 Å². The van der Waals surface area contributed by atoms with E-state index >= 15 is 0 Å². The van der Waals surface area contributed by atoms with Crippen LogP contribution in [-0.2, 0) is 0 Å². The molecule has 0 aromatic heterocycles. The minimum atomic E-state index is 0.631. The van der Waals surface area contributed by atoms with Crippen molar-refractivity contribution in [1.29, 1.82) is 0 Å². The summed E-state index contributed by atoms with van der Waals surface area (Å²) >= 11 is 0. The maximum atomic E-state index is 3.99. The van der Waals surface area contributed by atoms with Crippen LogP contribution in [-0.4, -0.2) is 0 Å². The minimum absolute atomic E-state index is 0.631. The Balaban J connectivity index is 3.16. The lowest BCUT2D eigenvalue weighted by atomic mass is 9.94. The monoisotopic (exact) mass is 141 g/mol. The molecule has 1 radical (unpaired) electrons. The summed E-state index contributed by atoms with van der Waals surface area (Å²) in [6, 6.07) is 0. The van der Waals surface area contributed by atoms with Gasteiger partial charge in [0.15, 0.2) is 0 Å². The zero-order chi connectivity index (χ0) is 7.98. The van der Waals surface area contributed by atoms with Gasteiger partial charge in [-0.1, -0.05) is 47.0 Å². The molecule has 0 spiro atoms. The van der Waals surface area contributed by atoms with Gasteiger partial charge in [-0.3, -0.25) is 0 Å². The Morgan fingerprint density at radius 2 is 1.90 bits per heavy atom. The second-order valence-corrected chi connectivity index (χ2v) is 3.59. The molecule has 0 nitrogen and oxygen atoms in total. The molecule has 0 heteroatoms. The first-order chi connectivity index (χ1) is 4.66. The first-order valence-electron chi connectivity index (χ1n) is 4.49. The SMILES string of the molecule is [CH2]C(C)CC(C)CCCC. The molecule has 0 rings (SSSR count). The maximum absolute atomic E-state index is 3.99. The van der Waals surface area contributed by atoms with Crippen LogP contribution in [0, 0.1) is 18.8 Å². The van der Waals surface area contributed by atoms with E-state index in [1.165, 1.54) is 25.7 Å². The molecule has 0 aliphatic carbocycles. The van der Waals surface area contributed by atoms with Gasteiger partial charge in [0.1, 0.15) is 0 Å². The van der Waals surface area contributed by atoms with Crippen molar-refractivity contribution >= 4 is 0 Å². The molecule has 2 atom stereocenters. The summed E-state index contributed by atoms with van der Waals surface area (Å²) in [5, 5.41) is 0. The van der Waals surface area contributed by atoms with Crippen LogP contribution in [0.1, 0.15) is 46.5 Å². The quantitative estimate of drug-likeness (QED) is 0.548. The van der Waals surface area contributed by atoms with Crippen molar-refractivity contribution in [3.05, 3.63) is 6.92 Å². The Kier molecular flexibility index (Phi) is 5.76. The Morgan fingerprint density at radius 1 is 1.30 bits per heavy atom. The van der Waals surface area contributed by atoms with Gasteiger partial charge in [-0.2, -0.15) is 0 Å². The molecule has 10 heavy (non-hydrogen) atoms. The summed E-state index contributed by atoms with van der Waals surface area (Å²) < 4.78 is 0. The minimum Gasteiger partial charge on any atom is -0.0654 e. The standard InChI is InChI=1S/C10H21/c1-5-6-7-10(4)8-9(2)3/h9-10H,2,5-8H2,1,3-4H3. The van der Waals surface area contributed by atoms with Gasteiger partial charge in [0.2, 0.25) is 0 Å². The smallest absolute Gasteiger partial charge is 0.0440 e. The first kappa shape index (κ1) is 10.0. The highest BCUT2D eigenvalue weighted by molar-refractivity contribution is 4.60. The van der Waals surface area contributed by atoms with Crippen LogP contribution < -0.4 is 0 Å². The number of hydrogen-bond donors (Lipinski definition) is 0. The number of unbranched alkanes of at least 4 members (excludes halogenated alkanes) is 1. The molecule has 0 bridgehead atoms. The molecular weight excluding hydrogens is 120 g/mol. The first-order valence-corrected chi connectivity index (χ1v) is 4.49. The fourth-order valence-electron chi connectivity index (χ4n) is 1.36. The summed E-state index contributed by atoms with van der Waals surface area (Å²) in [5.74, 6) is 1.51. The van der Waals surface area contributed by atoms with Crippen LogP contribution in [0.2, 0.25) is 0 Å². The van der Waals surface area contributed by atoms with E-state index in [1.54, 1.807) is 0 Å². The second kappa shape index (κ2) is 5.76. The van der Waals surface area contributed by atoms with E-state index in [4.69, 9.17) is 0 Å². The molecule has 0 amide bonds. The van der Waals surface area contributed by atoms with Gasteiger partial charge in [0, 0.05) is 0 Å². The molecule has 0 aromatic carbocycles. The molecule has 2 unspecified atom stereocenters. The molecule has 0 fully saturated rings. The van der Waals surface area contributed by atoms with Crippen molar-refractivity contribution in [2.45, 2.75) is 46.5 Å². The largest absolute Gasteiger partial charge is 0.0654 e. The van der Waals surface area contributed by atoms with E-state index in [9.17, 15) is 0 Å². The Hall–Kier alpha value is 0. The molecule has 0 saturated heterocycles. The van der Waals surface area contributed by atoms with Gasteiger partial charge in [-0.15, -0.1) is 0 Å². The predicted molar refractivity (Wildman–Crippen MR) is 47.8 cm³/mol. The molecular formula is C10H21. The highest BCUT2D eigenvalue weighted by Crippen LogP contribution is 2.16. The zero-order valence-electron chi connectivity index (χ0n) is 7.69.